The van der Waals surface area contributed by atoms with Crippen LogP contribution in [0.15, 0.2) is 54.6 Å². The Morgan fingerprint density at radius 3 is 2.48 bits per heavy atom. The van der Waals surface area contributed by atoms with Crippen LogP contribution in [-0.2, 0) is 17.8 Å². The lowest BCUT2D eigenvalue weighted by Gasteiger charge is -2.18. The summed E-state index contributed by atoms with van der Waals surface area (Å²) in [4.78, 5) is 13.9. The molecule has 21 heavy (non-hydrogen) atoms. The van der Waals surface area contributed by atoms with Crippen molar-refractivity contribution in [3.8, 4) is 0 Å². The summed E-state index contributed by atoms with van der Waals surface area (Å²) >= 11 is 0. The van der Waals surface area contributed by atoms with Crippen molar-refractivity contribution in [1.82, 2.24) is 0 Å². The molecular weight excluding hydrogens is 260 g/mol. The number of aryl methyl sites for hydroxylation is 1. The number of nitrogens with two attached hydrogens (primary N) is 1. The number of rotatable bonds is 6. The third-order valence-electron chi connectivity index (χ3n) is 3.61. The maximum Gasteiger partial charge on any atom is 0.226 e. The highest BCUT2D eigenvalue weighted by molar-refractivity contribution is 5.92. The van der Waals surface area contributed by atoms with Crippen LogP contribution in [0.1, 0.15) is 24.0 Å². The van der Waals surface area contributed by atoms with Crippen LogP contribution in [0.4, 0.5) is 5.69 Å². The van der Waals surface area contributed by atoms with Crippen molar-refractivity contribution in [2.75, 3.05) is 11.9 Å². The zero-order valence-corrected chi connectivity index (χ0v) is 12.5. The Labute approximate surface area is 126 Å². The van der Waals surface area contributed by atoms with Gasteiger partial charge in [0.05, 0.1) is 0 Å². The van der Waals surface area contributed by atoms with Crippen molar-refractivity contribution in [3.63, 3.8) is 0 Å². The van der Waals surface area contributed by atoms with E-state index >= 15 is 0 Å². The Morgan fingerprint density at radius 2 is 1.76 bits per heavy atom. The molecule has 0 fully saturated rings. The Hall–Kier alpha value is -2.13. The second-order valence-electron chi connectivity index (χ2n) is 5.17. The van der Waals surface area contributed by atoms with Gasteiger partial charge in [0.25, 0.3) is 0 Å². The van der Waals surface area contributed by atoms with E-state index < -0.39 is 0 Å². The van der Waals surface area contributed by atoms with E-state index in [2.05, 4.69) is 12.1 Å². The topological polar surface area (TPSA) is 46.3 Å². The van der Waals surface area contributed by atoms with Gasteiger partial charge in [0.1, 0.15) is 0 Å². The molecule has 0 bridgehead atoms. The standard InChI is InChI=1S/C18H22N2O/c1-20(17-11-5-10-16(13-17)14-19)18(21)12-6-9-15-7-3-2-4-8-15/h2-5,7-8,10-11,13H,6,9,12,14,19H2,1H3. The molecule has 0 atom stereocenters. The van der Waals surface area contributed by atoms with Gasteiger partial charge >= 0.3 is 0 Å². The first kappa shape index (κ1) is 15.3. The zero-order chi connectivity index (χ0) is 15.1. The summed E-state index contributed by atoms with van der Waals surface area (Å²) in [6.07, 6.45) is 2.35. The van der Waals surface area contributed by atoms with E-state index in [1.807, 2.05) is 49.5 Å². The molecule has 3 heteroatoms. The molecule has 0 aromatic heterocycles. The summed E-state index contributed by atoms with van der Waals surface area (Å²) in [7, 11) is 1.82. The molecule has 0 heterocycles. The number of benzene rings is 2. The van der Waals surface area contributed by atoms with E-state index in [9.17, 15) is 4.79 Å². The normalized spacial score (nSPS) is 10.4. The molecule has 0 radical (unpaired) electrons. The minimum absolute atomic E-state index is 0.139. The molecule has 110 valence electrons. The molecule has 2 rings (SSSR count). The average Bonchev–Trinajstić information content (AvgIpc) is 2.55. The third kappa shape index (κ3) is 4.43. The summed E-state index contributed by atoms with van der Waals surface area (Å²) in [6.45, 7) is 0.490. The van der Waals surface area contributed by atoms with E-state index in [-0.39, 0.29) is 5.91 Å². The lowest BCUT2D eigenvalue weighted by molar-refractivity contribution is -0.118. The van der Waals surface area contributed by atoms with Crippen molar-refractivity contribution < 1.29 is 4.79 Å². The fourth-order valence-corrected chi connectivity index (χ4v) is 2.29. The number of hydrogen-bond acceptors (Lipinski definition) is 2. The summed E-state index contributed by atoms with van der Waals surface area (Å²) < 4.78 is 0. The molecule has 3 nitrogen and oxygen atoms in total. The third-order valence-corrected chi connectivity index (χ3v) is 3.61. The van der Waals surface area contributed by atoms with Crippen molar-refractivity contribution >= 4 is 11.6 Å². The van der Waals surface area contributed by atoms with Gasteiger partial charge in [-0.1, -0.05) is 42.5 Å². The van der Waals surface area contributed by atoms with Gasteiger partial charge in [-0.2, -0.15) is 0 Å². The Kier molecular flexibility index (Phi) is 5.52. The van der Waals surface area contributed by atoms with Crippen molar-refractivity contribution in [2.24, 2.45) is 5.73 Å². The number of anilines is 1. The maximum atomic E-state index is 12.2. The minimum Gasteiger partial charge on any atom is -0.326 e. The number of amides is 1. The van der Waals surface area contributed by atoms with E-state index in [0.717, 1.165) is 24.1 Å². The Morgan fingerprint density at radius 1 is 1.05 bits per heavy atom. The van der Waals surface area contributed by atoms with Crippen LogP contribution < -0.4 is 10.6 Å². The predicted octanol–water partition coefficient (Wildman–Crippen LogP) is 3.13. The SMILES string of the molecule is CN(C(=O)CCCc1ccccc1)c1cccc(CN)c1. The molecule has 1 amide bonds. The Bertz CT molecular complexity index is 581. The van der Waals surface area contributed by atoms with Gasteiger partial charge in [0, 0.05) is 25.7 Å². The van der Waals surface area contributed by atoms with E-state index in [0.29, 0.717) is 13.0 Å². The zero-order valence-electron chi connectivity index (χ0n) is 12.5. The lowest BCUT2D eigenvalue weighted by atomic mass is 10.1. The number of hydrogen-bond donors (Lipinski definition) is 1. The number of nitrogens with zero attached hydrogens (tertiary/aromatic N) is 1. The van der Waals surface area contributed by atoms with Gasteiger partial charge in [-0.3, -0.25) is 4.79 Å². The largest absolute Gasteiger partial charge is 0.326 e. The summed E-state index contributed by atoms with van der Waals surface area (Å²) in [5.74, 6) is 0.139. The second-order valence-corrected chi connectivity index (χ2v) is 5.17. The van der Waals surface area contributed by atoms with E-state index in [1.165, 1.54) is 5.56 Å². The molecule has 2 aromatic carbocycles. The fourth-order valence-electron chi connectivity index (χ4n) is 2.29. The first-order valence-electron chi connectivity index (χ1n) is 7.30. The van der Waals surface area contributed by atoms with Gasteiger partial charge in [-0.25, -0.2) is 0 Å². The molecule has 0 saturated heterocycles. The highest BCUT2D eigenvalue weighted by Gasteiger charge is 2.10. The van der Waals surface area contributed by atoms with Crippen LogP contribution in [0.2, 0.25) is 0 Å². The van der Waals surface area contributed by atoms with Crippen LogP contribution in [0.3, 0.4) is 0 Å². The van der Waals surface area contributed by atoms with Gasteiger partial charge in [-0.05, 0) is 36.1 Å². The number of carbonyl (C=O) groups is 1. The summed E-state index contributed by atoms with van der Waals surface area (Å²) in [5.41, 5.74) is 8.86. The molecule has 0 saturated carbocycles. The minimum atomic E-state index is 0.139. The second kappa shape index (κ2) is 7.60. The van der Waals surface area contributed by atoms with Gasteiger partial charge in [0.15, 0.2) is 0 Å². The maximum absolute atomic E-state index is 12.2. The molecule has 0 aliphatic carbocycles. The molecule has 2 aromatic rings. The number of carbonyl (C=O) groups excluding carboxylic acids is 1. The van der Waals surface area contributed by atoms with Gasteiger partial charge in [-0.15, -0.1) is 0 Å². The van der Waals surface area contributed by atoms with E-state index in [1.54, 1.807) is 4.90 Å². The first-order chi connectivity index (χ1) is 10.2. The van der Waals surface area contributed by atoms with Crippen molar-refractivity contribution in [2.45, 2.75) is 25.8 Å². The highest BCUT2D eigenvalue weighted by Crippen LogP contribution is 2.16. The Balaban J connectivity index is 1.87. The molecule has 2 N–H and O–H groups in total. The summed E-state index contributed by atoms with van der Waals surface area (Å²) in [5, 5.41) is 0. The highest BCUT2D eigenvalue weighted by atomic mass is 16.2. The molecule has 0 spiro atoms. The quantitative estimate of drug-likeness (QED) is 0.884. The average molecular weight is 282 g/mol. The smallest absolute Gasteiger partial charge is 0.226 e. The van der Waals surface area contributed by atoms with Crippen LogP contribution in [-0.4, -0.2) is 13.0 Å². The molecule has 0 aliphatic rings. The molecule has 0 unspecified atom stereocenters. The lowest BCUT2D eigenvalue weighted by Crippen LogP contribution is -2.26. The van der Waals surface area contributed by atoms with Crippen LogP contribution in [0, 0.1) is 0 Å². The molecular formula is C18H22N2O. The van der Waals surface area contributed by atoms with Gasteiger partial charge in [0.2, 0.25) is 5.91 Å². The molecule has 0 aliphatic heterocycles. The van der Waals surface area contributed by atoms with Crippen molar-refractivity contribution in [3.05, 3.63) is 65.7 Å². The van der Waals surface area contributed by atoms with Crippen LogP contribution >= 0.6 is 0 Å². The van der Waals surface area contributed by atoms with E-state index in [4.69, 9.17) is 5.73 Å². The van der Waals surface area contributed by atoms with Crippen LogP contribution in [0.5, 0.6) is 0 Å². The van der Waals surface area contributed by atoms with Gasteiger partial charge < -0.3 is 10.6 Å². The summed E-state index contributed by atoms with van der Waals surface area (Å²) in [6, 6.07) is 18.1. The predicted molar refractivity (Wildman–Crippen MR) is 87.1 cm³/mol. The first-order valence-corrected chi connectivity index (χ1v) is 7.30. The van der Waals surface area contributed by atoms with Crippen LogP contribution in [0.25, 0.3) is 0 Å². The monoisotopic (exact) mass is 282 g/mol. The van der Waals surface area contributed by atoms with Crippen molar-refractivity contribution in [1.29, 1.82) is 0 Å². The fraction of sp³-hybridized carbons (Fsp3) is 0.278.